The molecule has 0 unspecified atom stereocenters. The molecule has 0 saturated carbocycles. The van der Waals surface area contributed by atoms with E-state index in [0.717, 1.165) is 18.3 Å². The SMILES string of the molecule is Cc1nc(C)c(-c2nnc(-c3ccnc(C(F)(F)F)n3)o2)c(C2CCN(C(=S)Nc3c(F)cccc3F)CC2)n1. The van der Waals surface area contributed by atoms with Crippen molar-refractivity contribution in [2.24, 2.45) is 0 Å². The summed E-state index contributed by atoms with van der Waals surface area (Å²) in [5, 5.41) is 10.8. The predicted molar refractivity (Wildman–Crippen MR) is 137 cm³/mol. The number of thiocarbonyl (C=S) groups is 1. The largest absolute Gasteiger partial charge is 0.451 e. The van der Waals surface area contributed by atoms with Gasteiger partial charge in [0.15, 0.2) is 5.11 Å². The highest BCUT2D eigenvalue weighted by Crippen LogP contribution is 2.36. The molecule has 3 aromatic heterocycles. The number of alkyl halides is 3. The van der Waals surface area contributed by atoms with Crippen molar-refractivity contribution in [3.8, 4) is 23.0 Å². The molecule has 40 heavy (non-hydrogen) atoms. The van der Waals surface area contributed by atoms with Crippen LogP contribution in [0.15, 0.2) is 34.9 Å². The molecule has 0 radical (unpaired) electrons. The Hall–Kier alpha value is -4.14. The van der Waals surface area contributed by atoms with Crippen molar-refractivity contribution in [2.45, 2.75) is 38.8 Å². The lowest BCUT2D eigenvalue weighted by Gasteiger charge is -2.34. The first-order valence-electron chi connectivity index (χ1n) is 12.1. The number of aromatic nitrogens is 6. The first-order chi connectivity index (χ1) is 19.0. The molecular formula is C25H21F5N8OS. The molecule has 4 heterocycles. The van der Waals surface area contributed by atoms with Gasteiger partial charge in [-0.25, -0.2) is 28.7 Å². The second-order valence-electron chi connectivity index (χ2n) is 9.08. The summed E-state index contributed by atoms with van der Waals surface area (Å²) in [7, 11) is 0. The molecular weight excluding hydrogens is 555 g/mol. The van der Waals surface area contributed by atoms with E-state index in [1.54, 1.807) is 13.8 Å². The van der Waals surface area contributed by atoms with E-state index >= 15 is 0 Å². The zero-order valence-electron chi connectivity index (χ0n) is 21.1. The molecule has 1 aliphatic rings. The van der Waals surface area contributed by atoms with Crippen LogP contribution in [0.1, 0.15) is 41.8 Å². The van der Waals surface area contributed by atoms with Crippen molar-refractivity contribution in [1.82, 2.24) is 35.0 Å². The smallest absolute Gasteiger partial charge is 0.414 e. The van der Waals surface area contributed by atoms with Crippen LogP contribution in [0, 0.1) is 25.5 Å². The Bertz CT molecular complexity index is 1550. The minimum Gasteiger partial charge on any atom is -0.414 e. The summed E-state index contributed by atoms with van der Waals surface area (Å²) in [6.07, 6.45) is -2.59. The summed E-state index contributed by atoms with van der Waals surface area (Å²) in [5.41, 5.74) is 1.22. The topological polar surface area (TPSA) is 106 Å². The number of halogens is 5. The Morgan fingerprint density at radius 3 is 2.35 bits per heavy atom. The lowest BCUT2D eigenvalue weighted by atomic mass is 9.90. The van der Waals surface area contributed by atoms with Crippen LogP contribution in [-0.2, 0) is 6.18 Å². The summed E-state index contributed by atoms with van der Waals surface area (Å²) in [4.78, 5) is 17.6. The molecule has 15 heteroatoms. The average Bonchev–Trinajstić information content (AvgIpc) is 3.40. The number of nitrogens with zero attached hydrogens (tertiary/aromatic N) is 7. The maximum atomic E-state index is 14.1. The third-order valence-electron chi connectivity index (χ3n) is 6.36. The second kappa shape index (κ2) is 10.8. The maximum Gasteiger partial charge on any atom is 0.451 e. The standard InChI is InChI=1S/C25H21F5N8OS/c1-12-18(22-37-36-21(39-22)17-6-9-31-23(34-17)25(28,29)30)19(33-13(2)32-12)14-7-10-38(11-8-14)24(40)35-20-15(26)4-3-5-16(20)27/h3-6,9,14H,7-8,10-11H2,1-2H3,(H,35,40). The normalized spacial score (nSPS) is 14.4. The van der Waals surface area contributed by atoms with Gasteiger partial charge in [-0.2, -0.15) is 13.2 Å². The molecule has 1 fully saturated rings. The van der Waals surface area contributed by atoms with Gasteiger partial charge in [0.05, 0.1) is 17.0 Å². The van der Waals surface area contributed by atoms with Crippen molar-refractivity contribution in [3.05, 3.63) is 65.1 Å². The number of para-hydroxylation sites is 1. The minimum atomic E-state index is -4.73. The molecule has 9 nitrogen and oxygen atoms in total. The first kappa shape index (κ1) is 27.4. The van der Waals surface area contributed by atoms with E-state index < -0.39 is 23.6 Å². The van der Waals surface area contributed by atoms with Gasteiger partial charge in [-0.1, -0.05) is 6.07 Å². The minimum absolute atomic E-state index is 0.0457. The van der Waals surface area contributed by atoms with Crippen LogP contribution in [-0.4, -0.2) is 53.2 Å². The number of benzene rings is 1. The van der Waals surface area contributed by atoms with Gasteiger partial charge < -0.3 is 14.6 Å². The fourth-order valence-corrected chi connectivity index (χ4v) is 4.78. The third kappa shape index (κ3) is 5.59. The summed E-state index contributed by atoms with van der Waals surface area (Å²) < 4.78 is 73.1. The summed E-state index contributed by atoms with van der Waals surface area (Å²) in [6.45, 7) is 4.45. The third-order valence-corrected chi connectivity index (χ3v) is 6.72. The molecule has 1 aliphatic heterocycles. The monoisotopic (exact) mass is 576 g/mol. The van der Waals surface area contributed by atoms with Crippen molar-refractivity contribution in [1.29, 1.82) is 0 Å². The van der Waals surface area contributed by atoms with Gasteiger partial charge in [-0.15, -0.1) is 10.2 Å². The van der Waals surface area contributed by atoms with Crippen LogP contribution in [0.4, 0.5) is 27.6 Å². The van der Waals surface area contributed by atoms with Crippen LogP contribution in [0.3, 0.4) is 0 Å². The highest BCUT2D eigenvalue weighted by atomic mass is 32.1. The zero-order valence-corrected chi connectivity index (χ0v) is 21.9. The van der Waals surface area contributed by atoms with Crippen LogP contribution in [0.2, 0.25) is 0 Å². The van der Waals surface area contributed by atoms with Gasteiger partial charge >= 0.3 is 6.18 Å². The van der Waals surface area contributed by atoms with E-state index in [4.69, 9.17) is 16.6 Å². The van der Waals surface area contributed by atoms with Crippen LogP contribution in [0.25, 0.3) is 23.0 Å². The Morgan fingerprint density at radius 1 is 1.00 bits per heavy atom. The number of aryl methyl sites for hydroxylation is 2. The lowest BCUT2D eigenvalue weighted by molar-refractivity contribution is -0.144. The molecule has 5 rings (SSSR count). The van der Waals surface area contributed by atoms with Crippen LogP contribution < -0.4 is 5.32 Å². The number of likely N-dealkylation sites (tertiary alicyclic amines) is 1. The van der Waals surface area contributed by atoms with E-state index in [0.29, 0.717) is 48.7 Å². The molecule has 0 aliphatic carbocycles. The average molecular weight is 577 g/mol. The Kier molecular flexibility index (Phi) is 7.40. The maximum absolute atomic E-state index is 14.1. The van der Waals surface area contributed by atoms with E-state index in [1.807, 2.05) is 4.90 Å². The predicted octanol–water partition coefficient (Wildman–Crippen LogP) is 5.47. The van der Waals surface area contributed by atoms with Crippen molar-refractivity contribution >= 4 is 23.0 Å². The van der Waals surface area contributed by atoms with E-state index in [-0.39, 0.29) is 34.2 Å². The Balaban J connectivity index is 1.37. The zero-order chi connectivity index (χ0) is 28.6. The number of hydrogen-bond acceptors (Lipinski definition) is 8. The van der Waals surface area contributed by atoms with Crippen LogP contribution in [0.5, 0.6) is 0 Å². The first-order valence-corrected chi connectivity index (χ1v) is 12.5. The summed E-state index contributed by atoms with van der Waals surface area (Å²) in [6, 6.07) is 4.80. The van der Waals surface area contributed by atoms with Gasteiger partial charge in [0.2, 0.25) is 5.82 Å². The van der Waals surface area contributed by atoms with Crippen molar-refractivity contribution in [3.63, 3.8) is 0 Å². The molecule has 0 bridgehead atoms. The van der Waals surface area contributed by atoms with Gasteiger partial charge in [0.1, 0.15) is 28.8 Å². The fourth-order valence-electron chi connectivity index (χ4n) is 4.50. The van der Waals surface area contributed by atoms with Gasteiger partial charge in [0.25, 0.3) is 11.8 Å². The fraction of sp³-hybridized carbons (Fsp3) is 0.320. The number of hydrogen-bond donors (Lipinski definition) is 1. The number of nitrogens with one attached hydrogen (secondary N) is 1. The molecule has 208 valence electrons. The molecule has 0 spiro atoms. The van der Waals surface area contributed by atoms with Gasteiger partial charge in [0, 0.05) is 25.2 Å². The van der Waals surface area contributed by atoms with E-state index in [1.165, 1.54) is 12.1 Å². The van der Waals surface area contributed by atoms with Crippen molar-refractivity contribution < 1.29 is 26.4 Å². The molecule has 1 N–H and O–H groups in total. The van der Waals surface area contributed by atoms with E-state index in [9.17, 15) is 22.0 Å². The molecule has 1 aromatic carbocycles. The van der Waals surface area contributed by atoms with E-state index in [2.05, 4.69) is 35.5 Å². The highest BCUT2D eigenvalue weighted by Gasteiger charge is 2.35. The number of anilines is 1. The highest BCUT2D eigenvalue weighted by molar-refractivity contribution is 7.80. The van der Waals surface area contributed by atoms with Gasteiger partial charge in [-0.05, 0) is 57.1 Å². The Labute approximate surface area is 229 Å². The molecule has 0 amide bonds. The summed E-state index contributed by atoms with van der Waals surface area (Å²) in [5.74, 6) is -2.53. The number of piperidine rings is 1. The molecule has 1 saturated heterocycles. The summed E-state index contributed by atoms with van der Waals surface area (Å²) >= 11 is 5.40. The number of rotatable bonds is 4. The lowest BCUT2D eigenvalue weighted by Crippen LogP contribution is -2.41. The van der Waals surface area contributed by atoms with Crippen molar-refractivity contribution in [2.75, 3.05) is 18.4 Å². The van der Waals surface area contributed by atoms with Crippen LogP contribution >= 0.6 is 12.2 Å². The molecule has 0 atom stereocenters. The second-order valence-corrected chi connectivity index (χ2v) is 9.47. The van der Waals surface area contributed by atoms with Gasteiger partial charge in [-0.3, -0.25) is 0 Å². The quantitative estimate of drug-likeness (QED) is 0.248. The molecule has 4 aromatic rings. The Morgan fingerprint density at radius 2 is 1.68 bits per heavy atom.